The number of carboxylic acids is 1. The molecule has 0 aliphatic carbocycles. The SMILES string of the molecule is Cc1cnc(SCC(=O)O)n1CCC1CCOC1. The van der Waals surface area contributed by atoms with Gasteiger partial charge in [-0.3, -0.25) is 4.79 Å². The molecular formula is C12H18N2O3S. The van der Waals surface area contributed by atoms with Crippen LogP contribution in [0.15, 0.2) is 11.4 Å². The van der Waals surface area contributed by atoms with Crippen molar-refractivity contribution in [2.75, 3.05) is 19.0 Å². The lowest BCUT2D eigenvalue weighted by atomic mass is 10.1. The molecule has 18 heavy (non-hydrogen) atoms. The Hall–Kier alpha value is -1.01. The molecule has 1 saturated heterocycles. The Kier molecular flexibility index (Phi) is 4.66. The Morgan fingerprint density at radius 2 is 2.56 bits per heavy atom. The fourth-order valence-electron chi connectivity index (χ4n) is 2.08. The Morgan fingerprint density at radius 3 is 3.22 bits per heavy atom. The van der Waals surface area contributed by atoms with Crippen LogP contribution in [0, 0.1) is 12.8 Å². The molecule has 1 N–H and O–H groups in total. The predicted molar refractivity (Wildman–Crippen MR) is 68.9 cm³/mol. The van der Waals surface area contributed by atoms with Gasteiger partial charge in [-0.25, -0.2) is 4.98 Å². The third kappa shape index (κ3) is 3.49. The van der Waals surface area contributed by atoms with Gasteiger partial charge in [0.05, 0.1) is 5.75 Å². The fraction of sp³-hybridized carbons (Fsp3) is 0.667. The van der Waals surface area contributed by atoms with Crippen LogP contribution >= 0.6 is 11.8 Å². The average Bonchev–Trinajstić information content (AvgIpc) is 2.94. The zero-order chi connectivity index (χ0) is 13.0. The van der Waals surface area contributed by atoms with E-state index in [2.05, 4.69) is 9.55 Å². The fourth-order valence-corrected chi connectivity index (χ4v) is 2.85. The Labute approximate surface area is 111 Å². The van der Waals surface area contributed by atoms with Crippen LogP contribution in [0.4, 0.5) is 0 Å². The molecule has 1 fully saturated rings. The summed E-state index contributed by atoms with van der Waals surface area (Å²) in [6.45, 7) is 4.62. The minimum atomic E-state index is -0.809. The maximum absolute atomic E-state index is 10.6. The van der Waals surface area contributed by atoms with Crippen molar-refractivity contribution in [3.63, 3.8) is 0 Å². The molecular weight excluding hydrogens is 252 g/mol. The summed E-state index contributed by atoms with van der Waals surface area (Å²) in [4.78, 5) is 14.8. The molecule has 0 spiro atoms. The maximum Gasteiger partial charge on any atom is 0.313 e. The summed E-state index contributed by atoms with van der Waals surface area (Å²) in [5.41, 5.74) is 1.09. The van der Waals surface area contributed by atoms with E-state index in [1.54, 1.807) is 6.20 Å². The number of nitrogens with zero attached hydrogens (tertiary/aromatic N) is 2. The van der Waals surface area contributed by atoms with Crippen LogP contribution in [0.1, 0.15) is 18.5 Å². The molecule has 1 unspecified atom stereocenters. The molecule has 0 radical (unpaired) electrons. The minimum Gasteiger partial charge on any atom is -0.481 e. The zero-order valence-corrected chi connectivity index (χ0v) is 11.3. The Balaban J connectivity index is 1.92. The third-order valence-electron chi connectivity index (χ3n) is 3.13. The Bertz CT molecular complexity index is 413. The highest BCUT2D eigenvalue weighted by molar-refractivity contribution is 7.99. The molecule has 1 aliphatic rings. The second kappa shape index (κ2) is 6.24. The summed E-state index contributed by atoms with van der Waals surface area (Å²) in [6, 6.07) is 0. The maximum atomic E-state index is 10.6. The smallest absolute Gasteiger partial charge is 0.313 e. The summed E-state index contributed by atoms with van der Waals surface area (Å²) >= 11 is 1.28. The first-order valence-electron chi connectivity index (χ1n) is 6.11. The molecule has 1 aromatic rings. The second-order valence-electron chi connectivity index (χ2n) is 4.53. The van der Waals surface area contributed by atoms with Gasteiger partial charge < -0.3 is 14.4 Å². The highest BCUT2D eigenvalue weighted by Crippen LogP contribution is 2.22. The van der Waals surface area contributed by atoms with Crippen molar-refractivity contribution in [1.29, 1.82) is 0 Å². The van der Waals surface area contributed by atoms with Gasteiger partial charge >= 0.3 is 5.97 Å². The van der Waals surface area contributed by atoms with Crippen molar-refractivity contribution < 1.29 is 14.6 Å². The van der Waals surface area contributed by atoms with Crippen LogP contribution in [0.2, 0.25) is 0 Å². The molecule has 1 aromatic heterocycles. The number of rotatable bonds is 6. The van der Waals surface area contributed by atoms with Gasteiger partial charge in [-0.15, -0.1) is 0 Å². The van der Waals surface area contributed by atoms with Crippen LogP contribution in [0.25, 0.3) is 0 Å². The van der Waals surface area contributed by atoms with E-state index in [-0.39, 0.29) is 5.75 Å². The number of carboxylic acid groups (broad SMARTS) is 1. The first kappa shape index (κ1) is 13.4. The molecule has 0 aromatic carbocycles. The zero-order valence-electron chi connectivity index (χ0n) is 10.5. The summed E-state index contributed by atoms with van der Waals surface area (Å²) in [6.07, 6.45) is 4.00. The van der Waals surface area contributed by atoms with Crippen molar-refractivity contribution in [1.82, 2.24) is 9.55 Å². The topological polar surface area (TPSA) is 64.3 Å². The molecule has 2 heterocycles. The van der Waals surface area contributed by atoms with Gasteiger partial charge in [0, 0.05) is 31.6 Å². The predicted octanol–water partition coefficient (Wildman–Crippen LogP) is 1.79. The summed E-state index contributed by atoms with van der Waals surface area (Å²) < 4.78 is 7.46. The van der Waals surface area contributed by atoms with Crippen molar-refractivity contribution in [3.8, 4) is 0 Å². The number of carbonyl (C=O) groups is 1. The van der Waals surface area contributed by atoms with Crippen molar-refractivity contribution in [2.24, 2.45) is 5.92 Å². The first-order chi connectivity index (χ1) is 8.66. The van der Waals surface area contributed by atoms with E-state index in [0.717, 1.165) is 43.5 Å². The van der Waals surface area contributed by atoms with Crippen LogP contribution < -0.4 is 0 Å². The largest absolute Gasteiger partial charge is 0.481 e. The minimum absolute atomic E-state index is 0.0585. The third-order valence-corrected chi connectivity index (χ3v) is 4.10. The molecule has 0 amide bonds. The lowest BCUT2D eigenvalue weighted by molar-refractivity contribution is -0.133. The molecule has 100 valence electrons. The van der Waals surface area contributed by atoms with E-state index in [1.807, 2.05) is 6.92 Å². The second-order valence-corrected chi connectivity index (χ2v) is 5.48. The first-order valence-corrected chi connectivity index (χ1v) is 7.10. The Morgan fingerprint density at radius 1 is 1.72 bits per heavy atom. The molecule has 0 saturated carbocycles. The van der Waals surface area contributed by atoms with Crippen LogP contribution in [0.5, 0.6) is 0 Å². The standard InChI is InChI=1S/C12H18N2O3S/c1-9-6-13-12(18-8-11(15)16)14(9)4-2-10-3-5-17-7-10/h6,10H,2-5,7-8H2,1H3,(H,15,16). The molecule has 1 atom stereocenters. The van der Waals surface area contributed by atoms with E-state index in [1.165, 1.54) is 11.8 Å². The molecule has 2 rings (SSSR count). The van der Waals surface area contributed by atoms with Crippen molar-refractivity contribution >= 4 is 17.7 Å². The number of aromatic nitrogens is 2. The highest BCUT2D eigenvalue weighted by Gasteiger charge is 2.17. The number of aryl methyl sites for hydroxylation is 1. The van der Waals surface area contributed by atoms with E-state index in [0.29, 0.717) is 5.92 Å². The van der Waals surface area contributed by atoms with E-state index < -0.39 is 5.97 Å². The number of thioether (sulfide) groups is 1. The van der Waals surface area contributed by atoms with Gasteiger partial charge in [-0.05, 0) is 25.7 Å². The number of ether oxygens (including phenoxy) is 1. The molecule has 6 heteroatoms. The highest BCUT2D eigenvalue weighted by atomic mass is 32.2. The van der Waals surface area contributed by atoms with E-state index in [9.17, 15) is 4.79 Å². The lowest BCUT2D eigenvalue weighted by Gasteiger charge is -2.12. The van der Waals surface area contributed by atoms with Crippen LogP contribution in [0.3, 0.4) is 0 Å². The van der Waals surface area contributed by atoms with E-state index >= 15 is 0 Å². The van der Waals surface area contributed by atoms with Gasteiger partial charge in [0.2, 0.25) is 0 Å². The van der Waals surface area contributed by atoms with Crippen molar-refractivity contribution in [3.05, 3.63) is 11.9 Å². The van der Waals surface area contributed by atoms with Crippen LogP contribution in [-0.2, 0) is 16.1 Å². The average molecular weight is 270 g/mol. The molecule has 5 nitrogen and oxygen atoms in total. The molecule has 0 bridgehead atoms. The quantitative estimate of drug-likeness (QED) is 0.798. The monoisotopic (exact) mass is 270 g/mol. The van der Waals surface area contributed by atoms with Gasteiger partial charge in [-0.1, -0.05) is 11.8 Å². The van der Waals surface area contributed by atoms with Gasteiger partial charge in [0.25, 0.3) is 0 Å². The van der Waals surface area contributed by atoms with E-state index in [4.69, 9.17) is 9.84 Å². The summed E-state index contributed by atoms with van der Waals surface area (Å²) in [7, 11) is 0. The summed E-state index contributed by atoms with van der Waals surface area (Å²) in [5, 5.41) is 9.50. The number of aliphatic carboxylic acids is 1. The number of imidazole rings is 1. The summed E-state index contributed by atoms with van der Waals surface area (Å²) in [5.74, 6) is -0.122. The van der Waals surface area contributed by atoms with Crippen LogP contribution in [-0.4, -0.2) is 39.6 Å². The van der Waals surface area contributed by atoms with Gasteiger partial charge in [-0.2, -0.15) is 0 Å². The van der Waals surface area contributed by atoms with Crippen molar-refractivity contribution in [2.45, 2.75) is 31.5 Å². The number of hydrogen-bond donors (Lipinski definition) is 1. The number of hydrogen-bond acceptors (Lipinski definition) is 4. The lowest BCUT2D eigenvalue weighted by Crippen LogP contribution is -2.09. The van der Waals surface area contributed by atoms with Gasteiger partial charge in [0.15, 0.2) is 5.16 Å². The molecule has 1 aliphatic heterocycles. The van der Waals surface area contributed by atoms with Gasteiger partial charge in [0.1, 0.15) is 0 Å². The normalized spacial score (nSPS) is 19.3.